The van der Waals surface area contributed by atoms with E-state index in [-0.39, 0.29) is 12.3 Å². The number of hydrogen-bond donors (Lipinski definition) is 0. The molecule has 190 valence electrons. The van der Waals surface area contributed by atoms with Gasteiger partial charge in [0, 0.05) is 5.69 Å². The zero-order valence-electron chi connectivity index (χ0n) is 21.7. The van der Waals surface area contributed by atoms with Crippen molar-refractivity contribution in [3.8, 4) is 28.7 Å². The van der Waals surface area contributed by atoms with E-state index in [0.717, 1.165) is 27.9 Å². The summed E-state index contributed by atoms with van der Waals surface area (Å²) in [6.07, 6.45) is 0.247. The topological polar surface area (TPSA) is 66.5 Å². The van der Waals surface area contributed by atoms with Crippen LogP contribution >= 0.6 is 0 Å². The van der Waals surface area contributed by atoms with E-state index >= 15 is 0 Å². The molecule has 7 nitrogen and oxygen atoms in total. The lowest BCUT2D eigenvalue weighted by Crippen LogP contribution is -2.41. The molecule has 1 aliphatic rings. The smallest absolute Gasteiger partial charge is 0.232 e. The molecular weight excluding hydrogens is 458 g/mol. The highest BCUT2D eigenvalue weighted by Crippen LogP contribution is 2.47. The molecule has 0 aromatic heterocycles. The number of benzene rings is 3. The quantitative estimate of drug-likeness (QED) is 0.394. The molecule has 1 heterocycles. The first-order chi connectivity index (χ1) is 17.4. The molecule has 0 N–H and O–H groups in total. The van der Waals surface area contributed by atoms with Gasteiger partial charge in [0.2, 0.25) is 11.7 Å². The van der Waals surface area contributed by atoms with Crippen LogP contribution in [0.15, 0.2) is 48.5 Å². The van der Waals surface area contributed by atoms with Gasteiger partial charge in [0.25, 0.3) is 0 Å². The Hall–Kier alpha value is -3.87. The van der Waals surface area contributed by atoms with Gasteiger partial charge in [-0.15, -0.1) is 0 Å². The Bertz CT molecular complexity index is 1210. The van der Waals surface area contributed by atoms with Gasteiger partial charge in [0.15, 0.2) is 23.0 Å². The number of rotatable bonds is 9. The molecule has 0 saturated heterocycles. The van der Waals surface area contributed by atoms with Crippen LogP contribution in [0, 0.1) is 6.92 Å². The van der Waals surface area contributed by atoms with Crippen LogP contribution in [-0.4, -0.2) is 40.5 Å². The lowest BCUT2D eigenvalue weighted by molar-refractivity contribution is -0.118. The fourth-order valence-electron chi connectivity index (χ4n) is 4.68. The Labute approximate surface area is 212 Å². The molecule has 3 aromatic rings. The van der Waals surface area contributed by atoms with Gasteiger partial charge in [-0.3, -0.25) is 4.79 Å². The minimum Gasteiger partial charge on any atom is -0.493 e. The fraction of sp³-hybridized carbons (Fsp3) is 0.345. The van der Waals surface area contributed by atoms with Gasteiger partial charge >= 0.3 is 0 Å². The minimum absolute atomic E-state index is 0.0169. The number of ether oxygens (including phenoxy) is 5. The lowest BCUT2D eigenvalue weighted by atomic mass is 9.86. The fourth-order valence-corrected chi connectivity index (χ4v) is 4.68. The number of fused-ring (bicyclic) bond motifs is 1. The third kappa shape index (κ3) is 4.65. The van der Waals surface area contributed by atoms with Crippen molar-refractivity contribution in [2.45, 2.75) is 33.2 Å². The first kappa shape index (κ1) is 25.2. The molecule has 1 atom stereocenters. The molecule has 36 heavy (non-hydrogen) atoms. The molecule has 0 fully saturated rings. The third-order valence-electron chi connectivity index (χ3n) is 6.28. The molecule has 1 amide bonds. The second-order valence-electron chi connectivity index (χ2n) is 8.50. The predicted molar refractivity (Wildman–Crippen MR) is 139 cm³/mol. The highest BCUT2D eigenvalue weighted by Gasteiger charge is 2.37. The molecule has 1 aliphatic heterocycles. The molecule has 0 unspecified atom stereocenters. The van der Waals surface area contributed by atoms with E-state index in [0.29, 0.717) is 42.0 Å². The Morgan fingerprint density at radius 2 is 1.39 bits per heavy atom. The number of methoxy groups -OCH3 is 3. The van der Waals surface area contributed by atoms with Crippen molar-refractivity contribution in [1.82, 2.24) is 0 Å². The summed E-state index contributed by atoms with van der Waals surface area (Å²) in [5.41, 5.74) is 4.60. The standard InChI is InChI=1S/C29H33NO6/c1-7-35-23-13-19-16-27(31)30(21-11-9-18(3)10-12-21)28(22(19)17-24(23)36-8-2)20-14-25(32-4)29(34-6)26(15-20)33-5/h9-15,17,28H,7-8,16H2,1-6H3/t28-/m1/s1. The first-order valence-corrected chi connectivity index (χ1v) is 12.1. The van der Waals surface area contributed by atoms with Crippen LogP contribution in [0.1, 0.15) is 42.1 Å². The van der Waals surface area contributed by atoms with Gasteiger partial charge in [0.1, 0.15) is 0 Å². The van der Waals surface area contributed by atoms with Crippen LogP contribution in [0.3, 0.4) is 0 Å². The number of nitrogens with zero attached hydrogens (tertiary/aromatic N) is 1. The number of carbonyl (C=O) groups excluding carboxylic acids is 1. The summed E-state index contributed by atoms with van der Waals surface area (Å²) >= 11 is 0. The second kappa shape index (κ2) is 10.8. The lowest BCUT2D eigenvalue weighted by Gasteiger charge is -2.38. The third-order valence-corrected chi connectivity index (χ3v) is 6.28. The maximum absolute atomic E-state index is 13.7. The number of hydrogen-bond acceptors (Lipinski definition) is 6. The van der Waals surface area contributed by atoms with Crippen LogP contribution in [0.25, 0.3) is 0 Å². The summed E-state index contributed by atoms with van der Waals surface area (Å²) < 4.78 is 28.6. The van der Waals surface area contributed by atoms with Crippen molar-refractivity contribution < 1.29 is 28.5 Å². The molecule has 0 radical (unpaired) electrons. The SMILES string of the molecule is CCOc1cc2c(cc1OCC)[C@@H](c1cc(OC)c(OC)c(OC)c1)N(c1ccc(C)cc1)C(=O)C2. The molecule has 7 heteroatoms. The van der Waals surface area contributed by atoms with E-state index in [9.17, 15) is 4.79 Å². The van der Waals surface area contributed by atoms with Gasteiger partial charge < -0.3 is 28.6 Å². The number of aryl methyl sites for hydroxylation is 1. The van der Waals surface area contributed by atoms with Crippen LogP contribution in [0.4, 0.5) is 5.69 Å². The maximum Gasteiger partial charge on any atom is 0.232 e. The summed E-state index contributed by atoms with van der Waals surface area (Å²) in [4.78, 5) is 15.5. The largest absolute Gasteiger partial charge is 0.493 e. The molecule has 3 aromatic carbocycles. The summed E-state index contributed by atoms with van der Waals surface area (Å²) in [5.74, 6) is 2.80. The van der Waals surface area contributed by atoms with Gasteiger partial charge in [-0.1, -0.05) is 17.7 Å². The molecule has 0 saturated carbocycles. The van der Waals surface area contributed by atoms with Crippen LogP contribution < -0.4 is 28.6 Å². The summed E-state index contributed by atoms with van der Waals surface area (Å²) in [7, 11) is 4.74. The van der Waals surface area contributed by atoms with E-state index < -0.39 is 6.04 Å². The molecular formula is C29H33NO6. The van der Waals surface area contributed by atoms with Crippen LogP contribution in [-0.2, 0) is 11.2 Å². The molecule has 0 bridgehead atoms. The van der Waals surface area contributed by atoms with E-state index in [2.05, 4.69) is 0 Å². The summed E-state index contributed by atoms with van der Waals surface area (Å²) in [5, 5.41) is 0. The average molecular weight is 492 g/mol. The first-order valence-electron chi connectivity index (χ1n) is 12.1. The zero-order valence-corrected chi connectivity index (χ0v) is 21.7. The van der Waals surface area contributed by atoms with Crippen molar-refractivity contribution in [2.75, 3.05) is 39.4 Å². The van der Waals surface area contributed by atoms with E-state index in [1.165, 1.54) is 0 Å². The Morgan fingerprint density at radius 1 is 0.806 bits per heavy atom. The summed E-state index contributed by atoms with van der Waals surface area (Å²) in [6.45, 7) is 6.89. The van der Waals surface area contributed by atoms with Crippen LogP contribution in [0.5, 0.6) is 28.7 Å². The van der Waals surface area contributed by atoms with E-state index in [4.69, 9.17) is 23.7 Å². The van der Waals surface area contributed by atoms with Gasteiger partial charge in [-0.25, -0.2) is 0 Å². The average Bonchev–Trinajstić information content (AvgIpc) is 2.88. The Kier molecular flexibility index (Phi) is 7.58. The second-order valence-corrected chi connectivity index (χ2v) is 8.50. The van der Waals surface area contributed by atoms with Crippen molar-refractivity contribution in [1.29, 1.82) is 0 Å². The van der Waals surface area contributed by atoms with Gasteiger partial charge in [-0.2, -0.15) is 0 Å². The maximum atomic E-state index is 13.7. The van der Waals surface area contributed by atoms with Crippen molar-refractivity contribution in [3.63, 3.8) is 0 Å². The summed E-state index contributed by atoms with van der Waals surface area (Å²) in [6, 6.07) is 15.2. The molecule has 0 spiro atoms. The highest BCUT2D eigenvalue weighted by molar-refractivity contribution is 5.98. The van der Waals surface area contributed by atoms with E-state index in [1.54, 1.807) is 21.3 Å². The van der Waals surface area contributed by atoms with Crippen LogP contribution in [0.2, 0.25) is 0 Å². The number of amides is 1. The van der Waals surface area contributed by atoms with E-state index in [1.807, 2.05) is 74.2 Å². The monoisotopic (exact) mass is 491 g/mol. The normalized spacial score (nSPS) is 14.8. The Morgan fingerprint density at radius 3 is 1.92 bits per heavy atom. The van der Waals surface area contributed by atoms with Gasteiger partial charge in [-0.05, 0) is 73.9 Å². The van der Waals surface area contributed by atoms with Crippen molar-refractivity contribution in [3.05, 3.63) is 70.8 Å². The minimum atomic E-state index is -0.451. The Balaban J connectivity index is 1.99. The van der Waals surface area contributed by atoms with Crippen molar-refractivity contribution >= 4 is 11.6 Å². The molecule has 0 aliphatic carbocycles. The van der Waals surface area contributed by atoms with Gasteiger partial charge in [0.05, 0.1) is 47.0 Å². The predicted octanol–water partition coefficient (Wildman–Crippen LogP) is 5.50. The number of anilines is 1. The molecule has 4 rings (SSSR count). The zero-order chi connectivity index (χ0) is 25.8. The number of carbonyl (C=O) groups is 1. The highest BCUT2D eigenvalue weighted by atomic mass is 16.5. The van der Waals surface area contributed by atoms with Crippen molar-refractivity contribution in [2.24, 2.45) is 0 Å².